The van der Waals surface area contributed by atoms with E-state index in [0.29, 0.717) is 11.9 Å². The van der Waals surface area contributed by atoms with Gasteiger partial charge in [0.1, 0.15) is 5.54 Å². The Morgan fingerprint density at radius 2 is 1.74 bits per heavy atom. The first-order chi connectivity index (χ1) is 13.2. The van der Waals surface area contributed by atoms with Gasteiger partial charge in [0.05, 0.1) is 6.04 Å². The first-order valence-corrected chi connectivity index (χ1v) is 10.7. The highest BCUT2D eigenvalue weighted by Crippen LogP contribution is 2.39. The summed E-state index contributed by atoms with van der Waals surface area (Å²) in [6.07, 6.45) is 5.60. The second kappa shape index (κ2) is 6.78. The number of rotatable bonds is 2. The van der Waals surface area contributed by atoms with E-state index in [2.05, 4.69) is 50.9 Å². The average Bonchev–Trinajstić information content (AvgIpc) is 3.33. The summed E-state index contributed by atoms with van der Waals surface area (Å²) in [6.45, 7) is 6.99. The Morgan fingerprint density at radius 1 is 1.00 bits per heavy atom. The van der Waals surface area contributed by atoms with Crippen LogP contribution in [0.1, 0.15) is 31.2 Å². The third-order valence-electron chi connectivity index (χ3n) is 7.46. The van der Waals surface area contributed by atoms with Crippen LogP contribution in [0.25, 0.3) is 0 Å². The van der Waals surface area contributed by atoms with Crippen LogP contribution >= 0.6 is 0 Å². The van der Waals surface area contributed by atoms with E-state index in [4.69, 9.17) is 0 Å². The second-order valence-corrected chi connectivity index (χ2v) is 8.96. The molecule has 146 valence electrons. The molecule has 0 N–H and O–H groups in total. The third kappa shape index (κ3) is 2.87. The van der Waals surface area contributed by atoms with Crippen molar-refractivity contribution in [2.45, 2.75) is 43.7 Å². The number of fused-ring (bicyclic) bond motifs is 3. The summed E-state index contributed by atoms with van der Waals surface area (Å²) in [6, 6.07) is 9.24. The van der Waals surface area contributed by atoms with Gasteiger partial charge < -0.3 is 14.7 Å². The van der Waals surface area contributed by atoms with Gasteiger partial charge >= 0.3 is 0 Å². The maximum absolute atomic E-state index is 13.8. The van der Waals surface area contributed by atoms with Crippen molar-refractivity contribution in [1.82, 2.24) is 14.7 Å². The summed E-state index contributed by atoms with van der Waals surface area (Å²) < 4.78 is 0. The van der Waals surface area contributed by atoms with Crippen molar-refractivity contribution in [1.29, 1.82) is 0 Å². The van der Waals surface area contributed by atoms with Crippen LogP contribution in [0.2, 0.25) is 0 Å². The molecule has 5 nitrogen and oxygen atoms in total. The van der Waals surface area contributed by atoms with Crippen molar-refractivity contribution in [3.05, 3.63) is 29.8 Å². The number of anilines is 1. The maximum Gasteiger partial charge on any atom is 0.243 e. The predicted molar refractivity (Wildman–Crippen MR) is 108 cm³/mol. The number of hydrogen-bond donors (Lipinski definition) is 0. The molecule has 0 aromatic heterocycles. The Hall–Kier alpha value is -1.59. The van der Waals surface area contributed by atoms with Gasteiger partial charge in [0.15, 0.2) is 0 Å². The van der Waals surface area contributed by atoms with E-state index in [1.807, 2.05) is 0 Å². The van der Waals surface area contributed by atoms with Crippen LogP contribution in [-0.2, 0) is 11.2 Å². The molecule has 1 atom stereocenters. The number of likely N-dealkylation sites (N-methyl/N-ethyl adjacent to an activating group) is 1. The summed E-state index contributed by atoms with van der Waals surface area (Å²) in [7, 11) is 2.19. The average molecular weight is 369 g/mol. The predicted octanol–water partition coefficient (Wildman–Crippen LogP) is 1.82. The SMILES string of the molecule is CN1CCN(C2(C(=O)N3CCN4c5ccccc5CC4C3)CCCC2)CC1. The number of carbonyl (C=O) groups excluding carboxylic acids is 1. The van der Waals surface area contributed by atoms with Gasteiger partial charge in [-0.3, -0.25) is 9.69 Å². The van der Waals surface area contributed by atoms with Gasteiger partial charge in [0, 0.05) is 51.5 Å². The molecule has 5 heteroatoms. The number of amides is 1. The summed E-state index contributed by atoms with van der Waals surface area (Å²) in [5.41, 5.74) is 2.63. The van der Waals surface area contributed by atoms with Crippen molar-refractivity contribution in [2.24, 2.45) is 0 Å². The normalized spacial score (nSPS) is 28.3. The molecule has 5 rings (SSSR count). The maximum atomic E-state index is 13.8. The highest BCUT2D eigenvalue weighted by atomic mass is 16.2. The third-order valence-corrected chi connectivity index (χ3v) is 7.46. The van der Waals surface area contributed by atoms with Crippen LogP contribution in [0.15, 0.2) is 24.3 Å². The Bertz CT molecular complexity index is 706. The van der Waals surface area contributed by atoms with Crippen molar-refractivity contribution in [2.75, 3.05) is 57.8 Å². The van der Waals surface area contributed by atoms with E-state index >= 15 is 0 Å². The number of carbonyl (C=O) groups is 1. The van der Waals surface area contributed by atoms with Gasteiger partial charge in [0.25, 0.3) is 0 Å². The topological polar surface area (TPSA) is 30.0 Å². The first kappa shape index (κ1) is 17.5. The molecular formula is C22H32N4O. The van der Waals surface area contributed by atoms with Crippen LogP contribution in [0.4, 0.5) is 5.69 Å². The fraction of sp³-hybridized carbons (Fsp3) is 0.682. The lowest BCUT2D eigenvalue weighted by Gasteiger charge is -2.48. The molecule has 3 aliphatic heterocycles. The molecular weight excluding hydrogens is 336 g/mol. The summed E-state index contributed by atoms with van der Waals surface area (Å²) in [5, 5.41) is 0. The minimum atomic E-state index is -0.213. The summed E-state index contributed by atoms with van der Waals surface area (Å²) in [5.74, 6) is 0.431. The van der Waals surface area contributed by atoms with Crippen molar-refractivity contribution < 1.29 is 4.79 Å². The molecule has 3 heterocycles. The Labute approximate surface area is 162 Å². The second-order valence-electron chi connectivity index (χ2n) is 8.96. The van der Waals surface area contributed by atoms with Crippen molar-refractivity contribution in [3.8, 4) is 0 Å². The van der Waals surface area contributed by atoms with E-state index in [1.54, 1.807) is 0 Å². The van der Waals surface area contributed by atoms with E-state index in [1.165, 1.54) is 24.1 Å². The van der Waals surface area contributed by atoms with Crippen molar-refractivity contribution in [3.63, 3.8) is 0 Å². The lowest BCUT2D eigenvalue weighted by Crippen LogP contribution is -2.65. The van der Waals surface area contributed by atoms with Gasteiger partial charge in [-0.05, 0) is 37.9 Å². The molecule has 4 aliphatic rings. The van der Waals surface area contributed by atoms with Crippen LogP contribution in [0.3, 0.4) is 0 Å². The Morgan fingerprint density at radius 3 is 2.52 bits per heavy atom. The highest BCUT2D eigenvalue weighted by Gasteiger charge is 2.49. The molecule has 1 aliphatic carbocycles. The van der Waals surface area contributed by atoms with E-state index in [0.717, 1.165) is 65.1 Å². The zero-order chi connectivity index (χ0) is 18.4. The van der Waals surface area contributed by atoms with Gasteiger partial charge in [-0.25, -0.2) is 0 Å². The van der Waals surface area contributed by atoms with E-state index in [9.17, 15) is 4.79 Å². The van der Waals surface area contributed by atoms with E-state index in [-0.39, 0.29) is 5.54 Å². The number of nitrogens with zero attached hydrogens (tertiary/aromatic N) is 4. The number of benzene rings is 1. The lowest BCUT2D eigenvalue weighted by molar-refractivity contribution is -0.146. The standard InChI is InChI=1S/C22H32N4O/c1-23-10-13-25(14-11-23)22(8-4-5-9-22)21(27)24-12-15-26-19(17-24)16-18-6-2-3-7-20(18)26/h2-3,6-7,19H,4-5,8-17H2,1H3. The quantitative estimate of drug-likeness (QED) is 0.797. The zero-order valence-electron chi connectivity index (χ0n) is 16.6. The zero-order valence-corrected chi connectivity index (χ0v) is 16.6. The molecule has 27 heavy (non-hydrogen) atoms. The van der Waals surface area contributed by atoms with Gasteiger partial charge in [0.2, 0.25) is 5.91 Å². The first-order valence-electron chi connectivity index (χ1n) is 10.7. The molecule has 1 amide bonds. The van der Waals surface area contributed by atoms with Crippen LogP contribution in [0.5, 0.6) is 0 Å². The van der Waals surface area contributed by atoms with Crippen LogP contribution in [-0.4, -0.2) is 85.0 Å². The molecule has 0 spiro atoms. The molecule has 0 bridgehead atoms. The fourth-order valence-corrected chi connectivity index (χ4v) is 5.90. The van der Waals surface area contributed by atoms with Crippen LogP contribution in [0, 0.1) is 0 Å². The highest BCUT2D eigenvalue weighted by molar-refractivity contribution is 5.87. The van der Waals surface area contributed by atoms with E-state index < -0.39 is 0 Å². The number of piperazine rings is 2. The van der Waals surface area contributed by atoms with Crippen LogP contribution < -0.4 is 4.90 Å². The summed E-state index contributed by atoms with van der Waals surface area (Å²) in [4.78, 5) is 23.5. The molecule has 1 saturated carbocycles. The Kier molecular flexibility index (Phi) is 4.40. The number of hydrogen-bond acceptors (Lipinski definition) is 4. The lowest BCUT2D eigenvalue weighted by atomic mass is 9.91. The molecule has 1 aromatic rings. The minimum absolute atomic E-state index is 0.213. The molecule has 1 aromatic carbocycles. The van der Waals surface area contributed by atoms with Gasteiger partial charge in [-0.1, -0.05) is 31.0 Å². The number of para-hydroxylation sites is 1. The smallest absolute Gasteiger partial charge is 0.243 e. The molecule has 1 unspecified atom stereocenters. The largest absolute Gasteiger partial charge is 0.364 e. The molecule has 0 radical (unpaired) electrons. The monoisotopic (exact) mass is 368 g/mol. The van der Waals surface area contributed by atoms with Crippen molar-refractivity contribution >= 4 is 11.6 Å². The van der Waals surface area contributed by atoms with Gasteiger partial charge in [-0.15, -0.1) is 0 Å². The van der Waals surface area contributed by atoms with Gasteiger partial charge in [-0.2, -0.15) is 0 Å². The summed E-state index contributed by atoms with van der Waals surface area (Å²) >= 11 is 0. The Balaban J connectivity index is 1.33. The molecule has 3 fully saturated rings. The fourth-order valence-electron chi connectivity index (χ4n) is 5.90. The minimum Gasteiger partial charge on any atom is -0.364 e. The molecule has 2 saturated heterocycles.